The van der Waals surface area contributed by atoms with Crippen LogP contribution in [0.15, 0.2) is 42.5 Å². The van der Waals surface area contributed by atoms with Crippen LogP contribution < -0.4 is 5.73 Å². The van der Waals surface area contributed by atoms with Gasteiger partial charge in [-0.05, 0) is 36.6 Å². The molecule has 0 heterocycles. The van der Waals surface area contributed by atoms with Crippen LogP contribution in [-0.4, -0.2) is 18.8 Å². The van der Waals surface area contributed by atoms with Crippen molar-refractivity contribution in [3.05, 3.63) is 70.3 Å². The van der Waals surface area contributed by atoms with Gasteiger partial charge >= 0.3 is 5.97 Å². The van der Waals surface area contributed by atoms with Crippen LogP contribution in [0.4, 0.5) is 0 Å². The van der Waals surface area contributed by atoms with E-state index in [2.05, 4.69) is 0 Å². The Kier molecular flexibility index (Phi) is 5.66. The van der Waals surface area contributed by atoms with Crippen LogP contribution in [0.5, 0.6) is 0 Å². The predicted molar refractivity (Wildman–Crippen MR) is 89.3 cm³/mol. The van der Waals surface area contributed by atoms with Gasteiger partial charge in [-0.3, -0.25) is 0 Å². The molecule has 0 radical (unpaired) electrons. The summed E-state index contributed by atoms with van der Waals surface area (Å²) < 4.78 is 5.35. The van der Waals surface area contributed by atoms with E-state index in [4.69, 9.17) is 10.5 Å². The van der Waals surface area contributed by atoms with Crippen molar-refractivity contribution in [2.45, 2.75) is 26.4 Å². The fourth-order valence-electron chi connectivity index (χ4n) is 2.40. The Morgan fingerprint density at radius 3 is 2.43 bits per heavy atom. The van der Waals surface area contributed by atoms with E-state index in [0.29, 0.717) is 5.56 Å². The summed E-state index contributed by atoms with van der Waals surface area (Å²) in [6.45, 7) is 4.35. The number of benzene rings is 2. The zero-order valence-electron chi connectivity index (χ0n) is 13.4. The van der Waals surface area contributed by atoms with Gasteiger partial charge in [0.1, 0.15) is 12.9 Å². The van der Waals surface area contributed by atoms with Gasteiger partial charge in [-0.15, -0.1) is 0 Å². The van der Waals surface area contributed by atoms with Crippen LogP contribution >= 0.6 is 0 Å². The van der Waals surface area contributed by atoms with Crippen molar-refractivity contribution < 1.29 is 14.3 Å². The molecule has 0 aromatic heterocycles. The van der Waals surface area contributed by atoms with Gasteiger partial charge < -0.3 is 15.3 Å². The normalized spacial score (nSPS) is 11.8. The number of rotatable bonds is 6. The Morgan fingerprint density at radius 2 is 1.87 bits per heavy atom. The van der Waals surface area contributed by atoms with Gasteiger partial charge in [0.15, 0.2) is 0 Å². The van der Waals surface area contributed by atoms with E-state index in [1.165, 1.54) is 0 Å². The van der Waals surface area contributed by atoms with Gasteiger partial charge in [0.2, 0.25) is 0 Å². The lowest BCUT2D eigenvalue weighted by atomic mass is 10.00. The van der Waals surface area contributed by atoms with Crippen molar-refractivity contribution in [3.63, 3.8) is 0 Å². The van der Waals surface area contributed by atoms with Crippen LogP contribution in [0.2, 0.25) is 0 Å². The van der Waals surface area contributed by atoms with Crippen molar-refractivity contribution in [1.82, 2.24) is 0 Å². The van der Waals surface area contributed by atoms with Crippen LogP contribution in [0.25, 0.3) is 0 Å². The van der Waals surface area contributed by atoms with Crippen molar-refractivity contribution in [3.8, 4) is 0 Å². The molecule has 2 N–H and O–H groups in total. The summed E-state index contributed by atoms with van der Waals surface area (Å²) >= 11 is 0. The van der Waals surface area contributed by atoms with Crippen molar-refractivity contribution >= 4 is 12.3 Å². The highest BCUT2D eigenvalue weighted by Crippen LogP contribution is 2.16. The molecule has 2 aromatic carbocycles. The molecule has 0 aliphatic carbocycles. The monoisotopic (exact) mass is 311 g/mol. The zero-order chi connectivity index (χ0) is 16.8. The number of aryl methyl sites for hydroxylation is 2. The number of hydrogen-bond acceptors (Lipinski definition) is 4. The van der Waals surface area contributed by atoms with Gasteiger partial charge in [-0.25, -0.2) is 4.79 Å². The van der Waals surface area contributed by atoms with Gasteiger partial charge in [-0.1, -0.05) is 42.0 Å². The number of ether oxygens (including phenoxy) is 1. The van der Waals surface area contributed by atoms with E-state index in [1.807, 2.05) is 50.2 Å². The maximum atomic E-state index is 12.1. The summed E-state index contributed by atoms with van der Waals surface area (Å²) in [4.78, 5) is 23.0. The van der Waals surface area contributed by atoms with Gasteiger partial charge in [0, 0.05) is 6.54 Å². The molecular weight excluding hydrogens is 290 g/mol. The minimum absolute atomic E-state index is 0.195. The molecule has 0 saturated carbocycles. The molecule has 0 fully saturated rings. The number of aldehydes is 1. The zero-order valence-corrected chi connectivity index (χ0v) is 13.4. The SMILES string of the molecule is Cc1ccc(C(=O)OCc2ccc(C(C=O)CN)cc2)c(C)c1. The molecule has 4 heteroatoms. The van der Waals surface area contributed by atoms with Crippen LogP contribution in [0.3, 0.4) is 0 Å². The Balaban J connectivity index is 2.00. The molecule has 0 bridgehead atoms. The van der Waals surface area contributed by atoms with Crippen molar-refractivity contribution in [2.24, 2.45) is 5.73 Å². The second-order valence-electron chi connectivity index (χ2n) is 5.61. The highest BCUT2D eigenvalue weighted by molar-refractivity contribution is 5.91. The second-order valence-corrected chi connectivity index (χ2v) is 5.61. The summed E-state index contributed by atoms with van der Waals surface area (Å²) in [6.07, 6.45) is 0.842. The van der Waals surface area contributed by atoms with E-state index in [1.54, 1.807) is 6.07 Å². The molecule has 4 nitrogen and oxygen atoms in total. The molecular formula is C19H21NO3. The Labute approximate surface area is 136 Å². The van der Waals surface area contributed by atoms with E-state index in [9.17, 15) is 9.59 Å². The molecule has 2 aromatic rings. The number of carbonyl (C=O) groups excluding carboxylic acids is 2. The lowest BCUT2D eigenvalue weighted by molar-refractivity contribution is -0.108. The van der Waals surface area contributed by atoms with Gasteiger partial charge in [0.25, 0.3) is 0 Å². The molecule has 23 heavy (non-hydrogen) atoms. The maximum Gasteiger partial charge on any atom is 0.338 e. The first kappa shape index (κ1) is 16.9. The topological polar surface area (TPSA) is 69.4 Å². The maximum absolute atomic E-state index is 12.1. The average molecular weight is 311 g/mol. The molecule has 0 saturated heterocycles. The third kappa shape index (κ3) is 4.27. The summed E-state index contributed by atoms with van der Waals surface area (Å²) in [5.74, 6) is -0.624. The van der Waals surface area contributed by atoms with Gasteiger partial charge in [-0.2, -0.15) is 0 Å². The average Bonchev–Trinajstić information content (AvgIpc) is 2.55. The quantitative estimate of drug-likeness (QED) is 0.658. The Hall–Kier alpha value is -2.46. The Morgan fingerprint density at radius 1 is 1.17 bits per heavy atom. The Bertz CT molecular complexity index is 692. The second kappa shape index (κ2) is 7.70. The van der Waals surface area contributed by atoms with E-state index < -0.39 is 0 Å². The molecule has 0 aliphatic heterocycles. The van der Waals surface area contributed by atoms with E-state index in [0.717, 1.165) is 28.5 Å². The molecule has 2 rings (SSSR count). The predicted octanol–water partition coefficient (Wildman–Crippen LogP) is 2.90. The lowest BCUT2D eigenvalue weighted by Crippen LogP contribution is -2.13. The molecule has 1 unspecified atom stereocenters. The number of nitrogens with two attached hydrogens (primary N) is 1. The number of hydrogen-bond donors (Lipinski definition) is 1. The highest BCUT2D eigenvalue weighted by Gasteiger charge is 2.11. The summed E-state index contributed by atoms with van der Waals surface area (Å²) in [7, 11) is 0. The van der Waals surface area contributed by atoms with Crippen LogP contribution in [0.1, 0.15) is 38.5 Å². The standard InChI is InChI=1S/C19H21NO3/c1-13-3-8-18(14(2)9-13)19(22)23-12-15-4-6-16(7-5-15)17(10-20)11-21/h3-9,11,17H,10,12,20H2,1-2H3. The first-order valence-electron chi connectivity index (χ1n) is 7.53. The van der Waals surface area contributed by atoms with Crippen molar-refractivity contribution in [1.29, 1.82) is 0 Å². The fourth-order valence-corrected chi connectivity index (χ4v) is 2.40. The van der Waals surface area contributed by atoms with Crippen LogP contribution in [0, 0.1) is 13.8 Å². The lowest BCUT2D eigenvalue weighted by Gasteiger charge is -2.10. The molecule has 0 spiro atoms. The molecule has 0 aliphatic rings. The number of carbonyl (C=O) groups is 2. The fraction of sp³-hybridized carbons (Fsp3) is 0.263. The summed E-state index contributed by atoms with van der Waals surface area (Å²) in [5.41, 5.74) is 9.87. The first-order valence-corrected chi connectivity index (χ1v) is 7.53. The third-order valence-electron chi connectivity index (χ3n) is 3.80. The summed E-state index contributed by atoms with van der Waals surface area (Å²) in [6, 6.07) is 13.0. The highest BCUT2D eigenvalue weighted by atomic mass is 16.5. The number of esters is 1. The molecule has 1 atom stereocenters. The van der Waals surface area contributed by atoms with E-state index >= 15 is 0 Å². The minimum atomic E-state index is -0.334. The smallest absolute Gasteiger partial charge is 0.338 e. The molecule has 0 amide bonds. The van der Waals surface area contributed by atoms with E-state index in [-0.39, 0.29) is 25.0 Å². The van der Waals surface area contributed by atoms with Gasteiger partial charge in [0.05, 0.1) is 11.5 Å². The molecule has 120 valence electrons. The van der Waals surface area contributed by atoms with Crippen molar-refractivity contribution in [2.75, 3.05) is 6.54 Å². The largest absolute Gasteiger partial charge is 0.457 e. The summed E-state index contributed by atoms with van der Waals surface area (Å²) in [5, 5.41) is 0. The third-order valence-corrected chi connectivity index (χ3v) is 3.80. The first-order chi connectivity index (χ1) is 11.0. The minimum Gasteiger partial charge on any atom is -0.457 e. The van der Waals surface area contributed by atoms with Crippen LogP contribution in [-0.2, 0) is 16.1 Å².